The number of benzene rings is 1. The minimum atomic E-state index is -4.49. The van der Waals surface area contributed by atoms with Crippen LogP contribution in [0.3, 0.4) is 0 Å². The van der Waals surface area contributed by atoms with Gasteiger partial charge in [-0.1, -0.05) is 11.6 Å². The van der Waals surface area contributed by atoms with E-state index in [-0.39, 0.29) is 40.1 Å². The van der Waals surface area contributed by atoms with Crippen LogP contribution in [0.1, 0.15) is 35.9 Å². The molecule has 2 aromatic rings. The maximum atomic E-state index is 13.0. The van der Waals surface area contributed by atoms with Crippen LogP contribution in [0.2, 0.25) is 5.02 Å². The SMILES string of the molecule is C[C@@H]1[C@H](NC(=O)c2ccc(-c3cc(C(F)(F)F)ccc3Cl)o2)C2CCN1CC2. The summed E-state index contributed by atoms with van der Waals surface area (Å²) < 4.78 is 44.5. The Bertz CT molecular complexity index is 886. The molecule has 3 saturated heterocycles. The van der Waals surface area contributed by atoms with Gasteiger partial charge in [-0.2, -0.15) is 13.2 Å². The molecule has 2 atom stereocenters. The third-order valence-electron chi connectivity index (χ3n) is 5.86. The Labute approximate surface area is 165 Å². The van der Waals surface area contributed by atoms with Gasteiger partial charge in [-0.3, -0.25) is 9.69 Å². The van der Waals surface area contributed by atoms with E-state index in [1.54, 1.807) is 0 Å². The third-order valence-corrected chi connectivity index (χ3v) is 6.19. The molecule has 1 aromatic carbocycles. The molecule has 1 amide bonds. The van der Waals surface area contributed by atoms with E-state index in [1.165, 1.54) is 18.2 Å². The number of hydrogen-bond donors (Lipinski definition) is 1. The Hall–Kier alpha value is -1.99. The first-order valence-electron chi connectivity index (χ1n) is 9.26. The van der Waals surface area contributed by atoms with E-state index in [1.807, 2.05) is 0 Å². The van der Waals surface area contributed by atoms with Crippen molar-refractivity contribution in [3.8, 4) is 11.3 Å². The van der Waals surface area contributed by atoms with Gasteiger partial charge in [0.25, 0.3) is 5.91 Å². The molecule has 0 saturated carbocycles. The summed E-state index contributed by atoms with van der Waals surface area (Å²) in [5, 5.41) is 3.17. The number of furan rings is 1. The highest BCUT2D eigenvalue weighted by molar-refractivity contribution is 6.33. The molecule has 0 radical (unpaired) electrons. The van der Waals surface area contributed by atoms with Crippen LogP contribution in [-0.2, 0) is 6.18 Å². The molecule has 4 nitrogen and oxygen atoms in total. The lowest BCUT2D eigenvalue weighted by Gasteiger charge is -2.49. The van der Waals surface area contributed by atoms with E-state index in [0.29, 0.717) is 5.92 Å². The number of halogens is 4. The van der Waals surface area contributed by atoms with Crippen LogP contribution in [0.4, 0.5) is 13.2 Å². The van der Waals surface area contributed by atoms with Crippen LogP contribution in [0.25, 0.3) is 11.3 Å². The molecule has 3 aliphatic rings. The summed E-state index contributed by atoms with van der Waals surface area (Å²) in [5.41, 5.74) is -0.720. The number of carbonyl (C=O) groups is 1. The van der Waals surface area contributed by atoms with Crippen molar-refractivity contribution >= 4 is 17.5 Å². The van der Waals surface area contributed by atoms with Gasteiger partial charge in [0.05, 0.1) is 10.6 Å². The highest BCUT2D eigenvalue weighted by Gasteiger charge is 2.40. The number of amides is 1. The molecule has 0 spiro atoms. The smallest absolute Gasteiger partial charge is 0.416 e. The first-order chi connectivity index (χ1) is 13.2. The lowest BCUT2D eigenvalue weighted by Crippen LogP contribution is -2.62. The fourth-order valence-electron chi connectivity index (χ4n) is 4.26. The van der Waals surface area contributed by atoms with Crippen LogP contribution in [0.5, 0.6) is 0 Å². The van der Waals surface area contributed by atoms with Crippen LogP contribution in [-0.4, -0.2) is 36.0 Å². The number of hydrogen-bond acceptors (Lipinski definition) is 3. The number of piperidine rings is 3. The molecule has 150 valence electrons. The van der Waals surface area contributed by atoms with Crippen molar-refractivity contribution in [3.63, 3.8) is 0 Å². The average molecular weight is 413 g/mol. The van der Waals surface area contributed by atoms with Gasteiger partial charge < -0.3 is 9.73 Å². The highest BCUT2D eigenvalue weighted by atomic mass is 35.5. The summed E-state index contributed by atoms with van der Waals surface area (Å²) in [6.07, 6.45) is -2.38. The van der Waals surface area contributed by atoms with E-state index in [9.17, 15) is 18.0 Å². The second-order valence-electron chi connectivity index (χ2n) is 7.47. The van der Waals surface area contributed by atoms with Gasteiger partial charge in [-0.05, 0) is 69.1 Å². The van der Waals surface area contributed by atoms with Crippen molar-refractivity contribution in [2.75, 3.05) is 13.1 Å². The van der Waals surface area contributed by atoms with Crippen molar-refractivity contribution < 1.29 is 22.4 Å². The molecule has 3 fully saturated rings. The Kier molecular flexibility index (Phi) is 4.91. The van der Waals surface area contributed by atoms with E-state index < -0.39 is 11.7 Å². The number of fused-ring (bicyclic) bond motifs is 3. The standard InChI is InChI=1S/C20H20ClF3N2O2/c1-11-18(12-6-8-26(11)9-7-12)25-19(27)17-5-4-16(28-17)14-10-13(20(22,23)24)2-3-15(14)21/h2-5,10-12,18H,6-9H2,1H3,(H,25,27)/t11-,18+/m1/s1. The lowest BCUT2D eigenvalue weighted by atomic mass is 9.79. The fourth-order valence-corrected chi connectivity index (χ4v) is 4.47. The summed E-state index contributed by atoms with van der Waals surface area (Å²) in [6, 6.07) is 6.25. The topological polar surface area (TPSA) is 45.5 Å². The monoisotopic (exact) mass is 412 g/mol. The average Bonchev–Trinajstić information content (AvgIpc) is 3.14. The van der Waals surface area contributed by atoms with Crippen molar-refractivity contribution in [3.05, 3.63) is 46.7 Å². The fraction of sp³-hybridized carbons (Fsp3) is 0.450. The predicted octanol–water partition coefficient (Wildman–Crippen LogP) is 4.83. The second-order valence-corrected chi connectivity index (χ2v) is 7.88. The molecular weight excluding hydrogens is 393 g/mol. The number of alkyl halides is 3. The van der Waals surface area contributed by atoms with Gasteiger partial charge >= 0.3 is 6.18 Å². The van der Waals surface area contributed by atoms with Crippen molar-refractivity contribution in [1.82, 2.24) is 10.2 Å². The van der Waals surface area contributed by atoms with Gasteiger partial charge in [0.2, 0.25) is 0 Å². The summed E-state index contributed by atoms with van der Waals surface area (Å²) >= 11 is 6.05. The Morgan fingerprint density at radius 3 is 2.57 bits per heavy atom. The molecule has 2 bridgehead atoms. The normalized spacial score (nSPS) is 27.0. The molecule has 8 heteroatoms. The van der Waals surface area contributed by atoms with Crippen molar-refractivity contribution in [2.24, 2.45) is 5.92 Å². The second kappa shape index (κ2) is 7.12. The van der Waals surface area contributed by atoms with E-state index in [0.717, 1.165) is 38.1 Å². The summed E-state index contributed by atoms with van der Waals surface area (Å²) in [7, 11) is 0. The molecule has 4 heterocycles. The molecule has 28 heavy (non-hydrogen) atoms. The minimum Gasteiger partial charge on any atom is -0.451 e. The maximum absolute atomic E-state index is 13.0. The molecule has 1 aromatic heterocycles. The summed E-state index contributed by atoms with van der Waals surface area (Å²) in [4.78, 5) is 15.0. The molecule has 5 rings (SSSR count). The van der Waals surface area contributed by atoms with Gasteiger partial charge in [0.15, 0.2) is 5.76 Å². The lowest BCUT2D eigenvalue weighted by molar-refractivity contribution is -0.137. The number of rotatable bonds is 3. The number of nitrogens with one attached hydrogen (secondary N) is 1. The first kappa shape index (κ1) is 19.3. The molecular formula is C20H20ClF3N2O2. The Morgan fingerprint density at radius 1 is 1.21 bits per heavy atom. The minimum absolute atomic E-state index is 0.0423. The molecule has 3 aliphatic heterocycles. The van der Waals surface area contributed by atoms with Crippen molar-refractivity contribution in [1.29, 1.82) is 0 Å². The van der Waals surface area contributed by atoms with Crippen LogP contribution >= 0.6 is 11.6 Å². The number of carbonyl (C=O) groups excluding carboxylic acids is 1. The van der Waals surface area contributed by atoms with Gasteiger partial charge in [0.1, 0.15) is 5.76 Å². The van der Waals surface area contributed by atoms with E-state index in [2.05, 4.69) is 17.1 Å². The largest absolute Gasteiger partial charge is 0.451 e. The Morgan fingerprint density at radius 2 is 1.93 bits per heavy atom. The molecule has 1 N–H and O–H groups in total. The van der Waals surface area contributed by atoms with E-state index >= 15 is 0 Å². The van der Waals surface area contributed by atoms with E-state index in [4.69, 9.17) is 16.0 Å². The summed E-state index contributed by atoms with van der Waals surface area (Å²) in [6.45, 7) is 4.21. The van der Waals surface area contributed by atoms with Gasteiger partial charge in [-0.15, -0.1) is 0 Å². The van der Waals surface area contributed by atoms with Gasteiger partial charge in [-0.25, -0.2) is 0 Å². The Balaban J connectivity index is 1.54. The van der Waals surface area contributed by atoms with Crippen LogP contribution in [0.15, 0.2) is 34.7 Å². The zero-order chi connectivity index (χ0) is 20.1. The zero-order valence-electron chi connectivity index (χ0n) is 15.2. The third kappa shape index (κ3) is 3.53. The van der Waals surface area contributed by atoms with Gasteiger partial charge in [0, 0.05) is 17.6 Å². The summed E-state index contributed by atoms with van der Waals surface area (Å²) in [5.74, 6) is 0.270. The number of nitrogens with zero attached hydrogens (tertiary/aromatic N) is 1. The highest BCUT2D eigenvalue weighted by Crippen LogP contribution is 2.37. The molecule has 0 unspecified atom stereocenters. The maximum Gasteiger partial charge on any atom is 0.416 e. The van der Waals surface area contributed by atoms with Crippen LogP contribution in [0, 0.1) is 5.92 Å². The first-order valence-corrected chi connectivity index (χ1v) is 9.63. The zero-order valence-corrected chi connectivity index (χ0v) is 16.0. The predicted molar refractivity (Wildman–Crippen MR) is 99.2 cm³/mol. The van der Waals surface area contributed by atoms with Crippen molar-refractivity contribution in [2.45, 2.75) is 38.0 Å². The van der Waals surface area contributed by atoms with Crippen LogP contribution < -0.4 is 5.32 Å². The molecule has 0 aliphatic carbocycles. The quantitative estimate of drug-likeness (QED) is 0.785.